The summed E-state index contributed by atoms with van der Waals surface area (Å²) in [7, 11) is -1.00. The van der Waals surface area contributed by atoms with Crippen LogP contribution in [0.15, 0.2) is 49.6 Å². The number of aromatic nitrogens is 24. The van der Waals surface area contributed by atoms with Crippen molar-refractivity contribution in [3.8, 4) is 0 Å². The quantitative estimate of drug-likeness (QED) is 0.0753. The lowest BCUT2D eigenvalue weighted by Gasteiger charge is -2.34. The summed E-state index contributed by atoms with van der Waals surface area (Å²) in [5.41, 5.74) is 7.50. The van der Waals surface area contributed by atoms with Crippen LogP contribution < -0.4 is 0 Å². The molecule has 0 unspecified atom stereocenters. The van der Waals surface area contributed by atoms with Crippen molar-refractivity contribution in [3.05, 3.63) is 95.1 Å². The van der Waals surface area contributed by atoms with E-state index in [4.69, 9.17) is 1.37 Å². The zero-order valence-corrected chi connectivity index (χ0v) is 41.5. The van der Waals surface area contributed by atoms with Gasteiger partial charge in [0.2, 0.25) is 0 Å². The van der Waals surface area contributed by atoms with Crippen LogP contribution in [0.5, 0.6) is 0 Å². The molecule has 8 rings (SSSR count). The third-order valence-electron chi connectivity index (χ3n) is 12.5. The summed E-state index contributed by atoms with van der Waals surface area (Å²) in [6.45, 7) is 22.2. The fourth-order valence-electron chi connectivity index (χ4n) is 8.46. The monoisotopic (exact) mass is 954 g/mol. The number of nitrogens with zero attached hydrogens (tertiary/aromatic N) is 24. The minimum atomic E-state index is -1.00. The van der Waals surface area contributed by atoms with Crippen LogP contribution in [-0.4, -0.2) is 127 Å². The molecule has 0 aliphatic rings. The van der Waals surface area contributed by atoms with E-state index >= 15 is 0 Å². The van der Waals surface area contributed by atoms with E-state index in [-0.39, 0.29) is 10.8 Å². The Hall–Kier alpha value is -6.95. The molecule has 0 fully saturated rings. The summed E-state index contributed by atoms with van der Waals surface area (Å²) in [6.07, 6.45) is 24.5. The van der Waals surface area contributed by atoms with Crippen LogP contribution in [0.4, 0.5) is 4.39 Å². The van der Waals surface area contributed by atoms with Gasteiger partial charge in [-0.15, -0.1) is 40.8 Å². The predicted molar refractivity (Wildman–Crippen MR) is 252 cm³/mol. The van der Waals surface area contributed by atoms with Gasteiger partial charge in [-0.1, -0.05) is 48.6 Å². The highest BCUT2D eigenvalue weighted by Gasteiger charge is 2.32. The van der Waals surface area contributed by atoms with E-state index in [0.29, 0.717) is 0 Å². The fourth-order valence-corrected chi connectivity index (χ4v) is 8.46. The van der Waals surface area contributed by atoms with E-state index in [0.717, 1.165) is 156 Å². The van der Waals surface area contributed by atoms with Crippen molar-refractivity contribution < 1.29 is 5.76 Å². The van der Waals surface area contributed by atoms with Crippen LogP contribution >= 0.6 is 0 Å². The van der Waals surface area contributed by atoms with Gasteiger partial charge in [-0.2, -0.15) is 0 Å². The average molecular weight is 954 g/mol. The summed E-state index contributed by atoms with van der Waals surface area (Å²) in [6, 6.07) is 0. The molecule has 0 radical (unpaired) electrons. The Bertz CT molecular complexity index is 2420. The topological polar surface area (TPSA) is 246 Å². The highest BCUT2D eigenvalue weighted by molar-refractivity contribution is 4.95. The zero-order valence-electron chi connectivity index (χ0n) is 42.5. The van der Waals surface area contributed by atoms with E-state index in [1.807, 2.05) is 135 Å². The molecular weight excluding hydrogens is 884 g/mol. The largest absolute Gasteiger partial charge is 0.255 e. The molecule has 25 heteroatoms. The number of halogens is 1. The van der Waals surface area contributed by atoms with Gasteiger partial charge in [0.25, 0.3) is 0 Å². The normalized spacial score (nSPS) is 11.9. The van der Waals surface area contributed by atoms with Crippen molar-refractivity contribution in [2.45, 2.75) is 166 Å². The minimum Gasteiger partial charge on any atom is -0.255 e. The lowest BCUT2D eigenvalue weighted by atomic mass is 9.75. The third-order valence-corrected chi connectivity index (χ3v) is 12.5. The summed E-state index contributed by atoms with van der Waals surface area (Å²) < 4.78 is 31.0. The van der Waals surface area contributed by atoms with Gasteiger partial charge in [-0.05, 0) is 117 Å². The van der Waals surface area contributed by atoms with Crippen LogP contribution in [0.25, 0.3) is 0 Å². The second-order valence-corrected chi connectivity index (χ2v) is 18.2. The Morgan fingerprint density at radius 3 is 0.667 bits per heavy atom. The summed E-state index contributed by atoms with van der Waals surface area (Å²) in [5, 5.41) is 67.6. The highest BCUT2D eigenvalue weighted by atomic mass is 19.1. The van der Waals surface area contributed by atoms with E-state index in [9.17, 15) is 4.39 Å². The van der Waals surface area contributed by atoms with Crippen molar-refractivity contribution in [1.82, 2.24) is 120 Å². The Kier molecular flexibility index (Phi) is 18.0. The third kappa shape index (κ3) is 16.1. The number of alkyl halides is 1. The van der Waals surface area contributed by atoms with Gasteiger partial charge >= 0.3 is 0 Å². The molecule has 0 aliphatic carbocycles. The van der Waals surface area contributed by atoms with E-state index in [1.165, 1.54) is 0 Å². The van der Waals surface area contributed by atoms with Crippen molar-refractivity contribution >= 4 is 0 Å². The molecule has 69 heavy (non-hydrogen) atoms. The Morgan fingerprint density at radius 1 is 0.348 bits per heavy atom. The van der Waals surface area contributed by atoms with Gasteiger partial charge in [0.1, 0.15) is 0 Å². The van der Waals surface area contributed by atoms with Gasteiger partial charge in [-0.3, -0.25) is 41.8 Å². The number of aryl methyl sites for hydroxylation is 16. The Morgan fingerprint density at radius 2 is 0.522 bits per heavy atom. The smallest absolute Gasteiger partial charge is 0.0824 e. The lowest BCUT2D eigenvalue weighted by Crippen LogP contribution is -2.29. The maximum absolute atomic E-state index is 9.96. The molecule has 0 saturated carbocycles. The number of rotatable bonds is 25. The van der Waals surface area contributed by atoms with Crippen LogP contribution in [0.3, 0.4) is 0 Å². The van der Waals surface area contributed by atoms with Gasteiger partial charge in [0.05, 0.1) is 54.1 Å². The van der Waals surface area contributed by atoms with Crippen molar-refractivity contribution in [2.24, 2.45) is 10.8 Å². The highest BCUT2D eigenvalue weighted by Crippen LogP contribution is 2.39. The molecule has 0 bridgehead atoms. The molecule has 8 aromatic heterocycles. The van der Waals surface area contributed by atoms with Crippen LogP contribution in [0.2, 0.25) is 0 Å². The van der Waals surface area contributed by atoms with Crippen molar-refractivity contribution in [1.29, 1.82) is 0 Å². The molecule has 24 nitrogen and oxygen atoms in total. The molecule has 0 amide bonds. The van der Waals surface area contributed by atoms with E-state index in [1.54, 1.807) is 0 Å². The van der Waals surface area contributed by atoms with E-state index < -0.39 is 7.15 Å². The molecule has 0 spiro atoms. The maximum Gasteiger partial charge on any atom is 0.0824 e. The first-order chi connectivity index (χ1) is 33.7. The van der Waals surface area contributed by atoms with Crippen molar-refractivity contribution in [2.75, 3.05) is 7.15 Å². The first-order valence-corrected chi connectivity index (χ1v) is 23.6. The van der Waals surface area contributed by atoms with Gasteiger partial charge in [0.15, 0.2) is 0 Å². The second kappa shape index (κ2) is 24.9. The zero-order chi connectivity index (χ0) is 49.9. The molecule has 8 aromatic rings. The number of hydrogen-bond acceptors (Lipinski definition) is 16. The molecule has 372 valence electrons. The molecule has 0 N–H and O–H groups in total. The minimum absolute atomic E-state index is 0.000576. The first-order valence-electron chi connectivity index (χ1n) is 24.3. The molecular formula is C44H69FN24. The van der Waals surface area contributed by atoms with Crippen LogP contribution in [0.1, 0.15) is 105 Å². The summed E-state index contributed by atoms with van der Waals surface area (Å²) in [4.78, 5) is 0. The first kappa shape index (κ1) is 49.9. The summed E-state index contributed by atoms with van der Waals surface area (Å²) in [5.74, 6) is 0. The van der Waals surface area contributed by atoms with Gasteiger partial charge in [0, 0.05) is 102 Å². The molecule has 0 aromatic carbocycles. The van der Waals surface area contributed by atoms with E-state index in [2.05, 4.69) is 89.4 Å². The maximum atomic E-state index is 9.96. The van der Waals surface area contributed by atoms with Gasteiger partial charge < -0.3 is 0 Å². The fraction of sp³-hybridized carbons (Fsp3) is 0.636. The Labute approximate surface area is 403 Å². The molecule has 0 aliphatic heterocycles. The Balaban J connectivity index is 0.000000218. The molecule has 8 heterocycles. The lowest BCUT2D eigenvalue weighted by molar-refractivity contribution is 0.149. The predicted octanol–water partition coefficient (Wildman–Crippen LogP) is 4.71. The molecule has 0 saturated heterocycles. The SMILES string of the molecule is CCc1cn(CCC(CCn2cc(C)nn2)(CCn2cc(C)nn2)CCn2cc(C)nn2)nn1.Cc1cn(CCC(CCn2cc(C)nn2)(CCn2cc(C)nn2)CCn2cc(C)nn2)nn1.[2H]CF. The second-order valence-electron chi connectivity index (χ2n) is 18.2. The van der Waals surface area contributed by atoms with Gasteiger partial charge in [-0.25, -0.2) is 0 Å². The summed E-state index contributed by atoms with van der Waals surface area (Å²) >= 11 is 0. The van der Waals surface area contributed by atoms with Crippen LogP contribution in [-0.2, 0) is 58.8 Å². The molecule has 0 atom stereocenters. The standard InChI is InChI=1S/C22H34N12.C21H32N12.CH3F/c1-5-21-17-34(30-26-21)13-9-22(6-10-31-14-18(2)23-27-31,7-11-32-15-19(3)24-28-32)8-12-33-16-20(4)25-29-33;1-17-13-30(26-22-17)9-5-21(6-10-31-14-18(2)23-27-31,7-11-32-15-19(3)24-28-32)8-12-33-16-20(4)25-29-33;1-2/h14-17H,5-13H2,1-4H3;13-16H,5-12H2,1-4H3;1H3/i;;1D. The average Bonchev–Trinajstić information content (AvgIpc) is 4.21. The van der Waals surface area contributed by atoms with Crippen molar-refractivity contribution in [3.63, 3.8) is 0 Å². The number of hydrogen-bond donors (Lipinski definition) is 0. The van der Waals surface area contributed by atoms with Crippen LogP contribution in [0, 0.1) is 59.3 Å².